The van der Waals surface area contributed by atoms with Crippen LogP contribution in [0.3, 0.4) is 0 Å². The van der Waals surface area contributed by atoms with Crippen LogP contribution in [0.2, 0.25) is 10.0 Å². The first-order valence-corrected chi connectivity index (χ1v) is 11.1. The Labute approximate surface area is 206 Å². The summed E-state index contributed by atoms with van der Waals surface area (Å²) in [5, 5.41) is 30.1. The van der Waals surface area contributed by atoms with E-state index in [0.717, 1.165) is 5.56 Å². The van der Waals surface area contributed by atoms with Crippen LogP contribution < -0.4 is 9.47 Å². The van der Waals surface area contributed by atoms with Gasteiger partial charge in [0.15, 0.2) is 17.8 Å². The highest BCUT2D eigenvalue weighted by Gasteiger charge is 2.44. The zero-order valence-corrected chi connectivity index (χ0v) is 20.2. The second-order valence-corrected chi connectivity index (χ2v) is 8.37. The van der Waals surface area contributed by atoms with E-state index in [-0.39, 0.29) is 33.7 Å². The molecule has 186 valence electrons. The quantitative estimate of drug-likeness (QED) is 0.453. The number of ether oxygens (including phenoxy) is 5. The number of benzene rings is 2. The molecule has 0 spiro atoms. The summed E-state index contributed by atoms with van der Waals surface area (Å²) in [4.78, 5) is 12.9. The third kappa shape index (κ3) is 5.41. The van der Waals surface area contributed by atoms with Gasteiger partial charge in [0.05, 0.1) is 12.1 Å². The zero-order chi connectivity index (χ0) is 25.0. The molecule has 5 atom stereocenters. The second-order valence-electron chi connectivity index (χ2n) is 7.61. The van der Waals surface area contributed by atoms with Gasteiger partial charge in [-0.15, -0.1) is 0 Å². The molecule has 34 heavy (non-hydrogen) atoms. The number of hydrogen-bond acceptors (Lipinski definition) is 9. The highest BCUT2D eigenvalue weighted by Crippen LogP contribution is 2.45. The number of carbonyl (C=O) groups excluding carboxylic acids is 1. The predicted molar refractivity (Wildman–Crippen MR) is 122 cm³/mol. The maximum Gasteiger partial charge on any atom is 0.342 e. The number of halogens is 2. The first-order chi connectivity index (χ1) is 16.2. The molecule has 0 bridgehead atoms. The first-order valence-electron chi connectivity index (χ1n) is 10.3. The minimum Gasteiger partial charge on any atom is -0.494 e. The standard InChI is InChI=1S/C23H26Cl2O9/c1-11-14(22(29)33-10-13-17(26)18(27)19(28)23(31-3)34-13)20(30-2)16(25)21(15(11)24)32-9-12-7-5-4-6-8-12/h4-8,13,17-19,23,26-28H,9-10H2,1-3H3/t13-,17+,18+,19-,23-/m1/s1. The molecule has 0 aromatic heterocycles. The summed E-state index contributed by atoms with van der Waals surface area (Å²) in [7, 11) is 2.60. The number of aliphatic hydroxyl groups excluding tert-OH is 3. The lowest BCUT2D eigenvalue weighted by molar-refractivity contribution is -0.294. The van der Waals surface area contributed by atoms with Crippen molar-refractivity contribution in [1.29, 1.82) is 0 Å². The van der Waals surface area contributed by atoms with Gasteiger partial charge < -0.3 is 39.0 Å². The fourth-order valence-corrected chi connectivity index (χ4v) is 4.15. The van der Waals surface area contributed by atoms with Crippen molar-refractivity contribution in [2.45, 2.75) is 44.2 Å². The number of rotatable bonds is 8. The molecule has 0 radical (unpaired) electrons. The Bertz CT molecular complexity index is 1000. The van der Waals surface area contributed by atoms with E-state index in [1.54, 1.807) is 6.92 Å². The normalized spacial score (nSPS) is 24.5. The molecule has 1 aliphatic heterocycles. The lowest BCUT2D eigenvalue weighted by Gasteiger charge is -2.39. The molecule has 1 fully saturated rings. The molecule has 9 nitrogen and oxygen atoms in total. The van der Waals surface area contributed by atoms with E-state index >= 15 is 0 Å². The van der Waals surface area contributed by atoms with Gasteiger partial charge in [0.25, 0.3) is 0 Å². The van der Waals surface area contributed by atoms with E-state index in [9.17, 15) is 20.1 Å². The van der Waals surface area contributed by atoms with Gasteiger partial charge in [-0.1, -0.05) is 53.5 Å². The molecule has 2 aromatic carbocycles. The molecule has 3 N–H and O–H groups in total. The average molecular weight is 517 g/mol. The fraction of sp³-hybridized carbons (Fsp3) is 0.435. The molecule has 0 amide bonds. The van der Waals surface area contributed by atoms with Crippen LogP contribution >= 0.6 is 23.2 Å². The molecule has 0 unspecified atom stereocenters. The van der Waals surface area contributed by atoms with Crippen molar-refractivity contribution >= 4 is 29.2 Å². The van der Waals surface area contributed by atoms with E-state index in [2.05, 4.69) is 0 Å². The molecular weight excluding hydrogens is 491 g/mol. The summed E-state index contributed by atoms with van der Waals surface area (Å²) in [6.07, 6.45) is -6.89. The Morgan fingerprint density at radius 3 is 2.29 bits per heavy atom. The van der Waals surface area contributed by atoms with Crippen molar-refractivity contribution in [2.24, 2.45) is 0 Å². The smallest absolute Gasteiger partial charge is 0.342 e. The molecule has 3 rings (SSSR count). The topological polar surface area (TPSA) is 124 Å². The molecular formula is C23H26Cl2O9. The summed E-state index contributed by atoms with van der Waals surface area (Å²) in [5.74, 6) is -0.686. The van der Waals surface area contributed by atoms with Crippen molar-refractivity contribution < 1.29 is 43.8 Å². The minimum atomic E-state index is -1.55. The van der Waals surface area contributed by atoms with E-state index in [1.165, 1.54) is 14.2 Å². The average Bonchev–Trinajstić information content (AvgIpc) is 2.84. The SMILES string of the molecule is COc1c(Cl)c(OCc2ccccc2)c(Cl)c(C)c1C(=O)OC[C@H]1O[C@@H](OC)[C@H](O)[C@@H](O)[C@H]1O. The number of methoxy groups -OCH3 is 2. The Hall–Kier alpha value is -2.11. The predicted octanol–water partition coefficient (Wildman–Crippen LogP) is 2.50. The first kappa shape index (κ1) is 26.5. The molecule has 1 aliphatic rings. The third-order valence-corrected chi connectivity index (χ3v) is 6.24. The highest BCUT2D eigenvalue weighted by molar-refractivity contribution is 6.39. The number of esters is 1. The molecule has 0 saturated carbocycles. The summed E-state index contributed by atoms with van der Waals surface area (Å²) in [6, 6.07) is 9.38. The van der Waals surface area contributed by atoms with Crippen LogP contribution in [-0.2, 0) is 20.8 Å². The Balaban J connectivity index is 1.80. The lowest BCUT2D eigenvalue weighted by Crippen LogP contribution is -2.59. The summed E-state index contributed by atoms with van der Waals surface area (Å²) in [6.45, 7) is 1.33. The monoisotopic (exact) mass is 516 g/mol. The number of aliphatic hydroxyl groups is 3. The van der Waals surface area contributed by atoms with Crippen molar-refractivity contribution in [2.75, 3.05) is 20.8 Å². The molecule has 0 aliphatic carbocycles. The molecule has 11 heteroatoms. The van der Waals surface area contributed by atoms with Crippen molar-refractivity contribution in [1.82, 2.24) is 0 Å². The van der Waals surface area contributed by atoms with Crippen molar-refractivity contribution in [3.63, 3.8) is 0 Å². The van der Waals surface area contributed by atoms with E-state index in [1.807, 2.05) is 30.3 Å². The van der Waals surface area contributed by atoms with Crippen molar-refractivity contribution in [3.05, 3.63) is 57.1 Å². The van der Waals surface area contributed by atoms with Gasteiger partial charge in [-0.2, -0.15) is 0 Å². The van der Waals surface area contributed by atoms with Gasteiger partial charge in [-0.3, -0.25) is 0 Å². The van der Waals surface area contributed by atoms with Gasteiger partial charge in [0.1, 0.15) is 48.2 Å². The van der Waals surface area contributed by atoms with Gasteiger partial charge in [-0.25, -0.2) is 4.79 Å². The number of hydrogen-bond donors (Lipinski definition) is 3. The van der Waals surface area contributed by atoms with Crippen LogP contribution in [0, 0.1) is 6.92 Å². The maximum atomic E-state index is 12.9. The van der Waals surface area contributed by atoms with Gasteiger partial charge in [-0.05, 0) is 18.1 Å². The molecule has 1 saturated heterocycles. The maximum absolute atomic E-state index is 12.9. The van der Waals surface area contributed by atoms with Crippen molar-refractivity contribution in [3.8, 4) is 11.5 Å². The summed E-state index contributed by atoms with van der Waals surface area (Å²) < 4.78 is 26.8. The van der Waals surface area contributed by atoms with Crippen LogP contribution in [0.1, 0.15) is 21.5 Å². The zero-order valence-electron chi connectivity index (χ0n) is 18.7. The van der Waals surface area contributed by atoms with Crippen LogP contribution in [-0.4, -0.2) is 72.8 Å². The summed E-state index contributed by atoms with van der Waals surface area (Å²) >= 11 is 12.9. The minimum absolute atomic E-state index is 0.00645. The van der Waals surface area contributed by atoms with Gasteiger partial charge in [0, 0.05) is 7.11 Å². The molecule has 1 heterocycles. The second kappa shape index (κ2) is 11.5. The van der Waals surface area contributed by atoms with Crippen LogP contribution in [0.5, 0.6) is 11.5 Å². The summed E-state index contributed by atoms with van der Waals surface area (Å²) in [5.41, 5.74) is 1.17. The van der Waals surface area contributed by atoms with E-state index < -0.39 is 43.3 Å². The highest BCUT2D eigenvalue weighted by atomic mass is 35.5. The van der Waals surface area contributed by atoms with Gasteiger partial charge in [0.2, 0.25) is 0 Å². The van der Waals surface area contributed by atoms with Crippen LogP contribution in [0.4, 0.5) is 0 Å². The van der Waals surface area contributed by atoms with E-state index in [0.29, 0.717) is 5.56 Å². The fourth-order valence-electron chi connectivity index (χ4n) is 3.53. The van der Waals surface area contributed by atoms with E-state index in [4.69, 9.17) is 46.9 Å². The largest absolute Gasteiger partial charge is 0.494 e. The number of carbonyl (C=O) groups is 1. The van der Waals surface area contributed by atoms with Crippen LogP contribution in [0.25, 0.3) is 0 Å². The molecule has 2 aromatic rings. The Kier molecular flexibility index (Phi) is 9.00. The third-order valence-electron chi connectivity index (χ3n) is 5.44. The lowest BCUT2D eigenvalue weighted by atomic mass is 9.99. The van der Waals surface area contributed by atoms with Crippen LogP contribution in [0.15, 0.2) is 30.3 Å². The Morgan fingerprint density at radius 2 is 1.68 bits per heavy atom. The van der Waals surface area contributed by atoms with Gasteiger partial charge >= 0.3 is 5.97 Å². The Morgan fingerprint density at radius 1 is 1.00 bits per heavy atom.